The number of nitrogens with two attached hydrogens (primary N) is 1. The van der Waals surface area contributed by atoms with Crippen molar-refractivity contribution in [1.82, 2.24) is 45.0 Å². The van der Waals surface area contributed by atoms with E-state index in [9.17, 15) is 32.3 Å². The number of carbonyl (C=O) groups excluding carboxylic acids is 4. The predicted molar refractivity (Wildman–Crippen MR) is 401 cm³/mol. The number of hydrogen-bond acceptors (Lipinski definition) is 23. The molecule has 4 aromatic heterocycles. The molecule has 0 spiro atoms. The number of ketones is 4. The van der Waals surface area contributed by atoms with E-state index in [1.807, 2.05) is 34.6 Å². The first-order chi connectivity index (χ1) is 51.8. The summed E-state index contributed by atoms with van der Waals surface area (Å²) in [5, 5.41) is 11.0. The van der Waals surface area contributed by atoms with Gasteiger partial charge >= 0.3 is 0 Å². The number of nitrogens with zero attached hydrogens (tertiary/aromatic N) is 9. The second-order valence-electron chi connectivity index (χ2n) is 27.8. The molecule has 576 valence electrons. The highest BCUT2D eigenvalue weighted by Gasteiger charge is 2.32. The fourth-order valence-corrected chi connectivity index (χ4v) is 13.2. The zero-order valence-electron chi connectivity index (χ0n) is 63.8. The zero-order chi connectivity index (χ0) is 77.5. The smallest absolute Gasteiger partial charge is 0.240 e. The van der Waals surface area contributed by atoms with Crippen molar-refractivity contribution in [2.24, 2.45) is 0 Å². The Morgan fingerprint density at radius 3 is 1.17 bits per heavy atom. The molecule has 0 bridgehead atoms. The van der Waals surface area contributed by atoms with E-state index in [4.69, 9.17) is 57.1 Å². The molecule has 0 amide bonds. The third-order valence-corrected chi connectivity index (χ3v) is 19.4. The number of anilines is 1. The maximum atomic E-state index is 13.3. The number of aromatic nitrogens is 7. The molecule has 6 aromatic carbocycles. The summed E-state index contributed by atoms with van der Waals surface area (Å²) < 4.78 is 102. The van der Waals surface area contributed by atoms with Gasteiger partial charge in [0, 0.05) is 71.9 Å². The lowest BCUT2D eigenvalue weighted by atomic mass is 9.98. The van der Waals surface area contributed by atoms with E-state index in [1.165, 1.54) is 61.9 Å². The van der Waals surface area contributed by atoms with Crippen LogP contribution in [-0.4, -0.2) is 160 Å². The van der Waals surface area contributed by atoms with E-state index in [-0.39, 0.29) is 83.3 Å². The minimum absolute atomic E-state index is 0.0737. The number of ether oxygens (including phenoxy) is 7. The lowest BCUT2D eigenvalue weighted by molar-refractivity contribution is -0.121. The summed E-state index contributed by atoms with van der Waals surface area (Å²) in [5.74, 6) is 3.36. The number of oxazole rings is 3. The molecule has 3 atom stereocenters. The minimum atomic E-state index is -0.276. The Bertz CT molecular complexity index is 4750. The molecule has 10 aromatic rings. The molecule has 2 N–H and O–H groups in total. The van der Waals surface area contributed by atoms with E-state index in [0.29, 0.717) is 218 Å². The molecule has 2 saturated heterocycles. The quantitative estimate of drug-likeness (QED) is 0.0395. The lowest BCUT2D eigenvalue weighted by Gasteiger charge is -2.26. The van der Waals surface area contributed by atoms with Crippen LogP contribution in [0.2, 0.25) is 0 Å². The zero-order valence-corrected chi connectivity index (χ0v) is 63.8. The summed E-state index contributed by atoms with van der Waals surface area (Å²) in [7, 11) is 0. The van der Waals surface area contributed by atoms with Gasteiger partial charge in [0.2, 0.25) is 39.9 Å². The van der Waals surface area contributed by atoms with Crippen LogP contribution in [0.1, 0.15) is 193 Å². The van der Waals surface area contributed by atoms with Crippen LogP contribution >= 0.6 is 0 Å². The number of fused-ring (bicyclic) bond motifs is 3. The molecule has 0 aliphatic carbocycles. The van der Waals surface area contributed by atoms with Crippen LogP contribution in [0.3, 0.4) is 0 Å². The molecule has 12 rings (SSSR count). The first-order valence-electron chi connectivity index (χ1n) is 36.7. The summed E-state index contributed by atoms with van der Waals surface area (Å²) in [6.07, 6.45) is 3.12. The summed E-state index contributed by atoms with van der Waals surface area (Å²) in [4.78, 5) is 67.8. The van der Waals surface area contributed by atoms with Gasteiger partial charge in [-0.2, -0.15) is 0 Å². The number of benzene rings is 6. The monoisotopic (exact) mass is 1490 g/mol. The van der Waals surface area contributed by atoms with Crippen LogP contribution in [0.15, 0.2) is 86.0 Å². The third-order valence-electron chi connectivity index (χ3n) is 19.4. The fraction of sp³-hybridized carbons (Fsp3) is 0.457. The number of Topliss-reactive ketones (excluding diaryl/α,β-unsaturated/α-hetero) is 4. The molecule has 3 unspecified atom stereocenters. The molecular formula is C81H97F3N10O14. The number of nitrogen functional groups attached to an aromatic ring is 1. The van der Waals surface area contributed by atoms with Crippen molar-refractivity contribution in [3.05, 3.63) is 158 Å². The number of aryl methyl sites for hydroxylation is 5. The Labute approximate surface area is 626 Å². The van der Waals surface area contributed by atoms with Gasteiger partial charge in [0.05, 0.1) is 56.3 Å². The molecule has 0 radical (unpaired) electrons. The van der Waals surface area contributed by atoms with Gasteiger partial charge in [0.15, 0.2) is 52.3 Å². The van der Waals surface area contributed by atoms with Gasteiger partial charge in [0.1, 0.15) is 59.6 Å². The largest absolute Gasteiger partial charge is 0.487 e. The number of rotatable bonds is 31. The van der Waals surface area contributed by atoms with Crippen molar-refractivity contribution in [3.8, 4) is 34.5 Å². The standard InChI is InChI=1S/C29H37FN2O5.C28H33FN2O5.C24H27FN6O4/c1-18(2)29-31-25-20(4)24(21(5)33)26(36-17-13-32-11-15-34-16-12-32)28(27(25)37-29)35-14-10-19(3)22-6-8-23(30)9-7-22;1-17(21-5-7-22(29)8-6-21)11-15-34-28-26(35-16-14-31-12-9-23(33)10-13-31)24(19(3)32)18(2)25-27(28)36-20(4)30-25;1-13(17-5-7-18(25)8-6-17)9-11-33-23-21(34-12-10-31-24(26)28-29-30-31)19(15(3)32)14(2)20-22(23)35-16(4)27-20/h6-9,18-19H,10-17H2,1-5H3;5-8,17H,9-16H2,1-4H3;5-8,13H,9-12H2,1-4H3,(H2,26,28,30). The summed E-state index contributed by atoms with van der Waals surface area (Å²) in [6, 6.07) is 19.4. The van der Waals surface area contributed by atoms with Crippen molar-refractivity contribution in [2.45, 2.75) is 152 Å². The van der Waals surface area contributed by atoms with Gasteiger partial charge in [-0.3, -0.25) is 29.0 Å². The first-order valence-corrected chi connectivity index (χ1v) is 36.7. The summed E-state index contributed by atoms with van der Waals surface area (Å²) in [5.41, 5.74) is 15.3. The van der Waals surface area contributed by atoms with E-state index >= 15 is 0 Å². The van der Waals surface area contributed by atoms with Crippen molar-refractivity contribution < 1.29 is 78.8 Å². The van der Waals surface area contributed by atoms with Crippen LogP contribution in [0.4, 0.5) is 19.1 Å². The highest BCUT2D eigenvalue weighted by molar-refractivity contribution is 6.07. The molecule has 2 aliphatic rings. The Morgan fingerprint density at radius 2 is 0.815 bits per heavy atom. The Kier molecular flexibility index (Phi) is 27.5. The number of morpholine rings is 1. The Balaban J connectivity index is 0.000000173. The molecule has 24 nitrogen and oxygen atoms in total. The van der Waals surface area contributed by atoms with Gasteiger partial charge in [-0.15, -0.1) is 0 Å². The van der Waals surface area contributed by atoms with Gasteiger partial charge in [-0.05, 0) is 159 Å². The maximum Gasteiger partial charge on any atom is 0.240 e. The van der Waals surface area contributed by atoms with Gasteiger partial charge < -0.3 is 52.1 Å². The number of likely N-dealkylation sites (tertiary alicyclic amines) is 1. The minimum Gasteiger partial charge on any atom is -0.487 e. The molecule has 108 heavy (non-hydrogen) atoms. The molecule has 2 fully saturated rings. The average molecular weight is 1490 g/mol. The van der Waals surface area contributed by atoms with Crippen LogP contribution < -0.4 is 34.2 Å². The van der Waals surface area contributed by atoms with Crippen LogP contribution in [-0.2, 0) is 16.1 Å². The molecule has 6 heterocycles. The first kappa shape index (κ1) is 80.3. The average Bonchev–Trinajstić information content (AvgIpc) is 1.56. The predicted octanol–water partition coefficient (Wildman–Crippen LogP) is 15.3. The molecule has 27 heteroatoms. The van der Waals surface area contributed by atoms with Crippen molar-refractivity contribution >= 4 is 62.4 Å². The molecule has 0 saturated carbocycles. The van der Waals surface area contributed by atoms with Gasteiger partial charge in [-0.25, -0.2) is 32.8 Å². The van der Waals surface area contributed by atoms with Crippen molar-refractivity contribution in [3.63, 3.8) is 0 Å². The topological polar surface area (TPSA) is 287 Å². The van der Waals surface area contributed by atoms with E-state index in [2.05, 4.69) is 49.1 Å². The lowest BCUT2D eigenvalue weighted by Crippen LogP contribution is -2.38. The Morgan fingerprint density at radius 1 is 0.472 bits per heavy atom. The number of piperidine rings is 1. The fourth-order valence-electron chi connectivity index (χ4n) is 13.2. The number of hydrogen-bond donors (Lipinski definition) is 1. The summed E-state index contributed by atoms with van der Waals surface area (Å²) >= 11 is 0. The highest BCUT2D eigenvalue weighted by atomic mass is 19.1. The normalized spacial score (nSPS) is 14.3. The van der Waals surface area contributed by atoms with E-state index < -0.39 is 0 Å². The van der Waals surface area contributed by atoms with Crippen LogP contribution in [0.25, 0.3) is 33.3 Å². The molecular weight excluding hydrogens is 1390 g/mol. The SMILES string of the molecule is CC(=O)c1c(OCCN2CCC(=O)CC2)c(OCCC(C)c2ccc(F)cc2)c2oc(C)nc2c1C.CC(=O)c1c(OCCN2CCOCC2)c(OCCC(C)c2ccc(F)cc2)c2oc(C(C)C)nc2c1C.CC(=O)c1c(OCCn2nnnc2N)c(OCCC(C)c2ccc(F)cc2)c2oc(C)nc2c1C. The second kappa shape index (κ2) is 37.0. The van der Waals surface area contributed by atoms with Gasteiger partial charge in [-0.1, -0.05) is 76.1 Å². The second-order valence-corrected chi connectivity index (χ2v) is 27.8. The van der Waals surface area contributed by atoms with E-state index in [1.54, 1.807) is 57.2 Å². The van der Waals surface area contributed by atoms with Crippen molar-refractivity contribution in [1.29, 1.82) is 0 Å². The van der Waals surface area contributed by atoms with Crippen LogP contribution in [0.5, 0.6) is 34.5 Å². The Hall–Kier alpha value is -10.3. The highest BCUT2D eigenvalue weighted by Crippen LogP contribution is 2.47. The summed E-state index contributed by atoms with van der Waals surface area (Å²) in [6.45, 7) is 31.8. The van der Waals surface area contributed by atoms with Gasteiger partial charge in [0.25, 0.3) is 0 Å². The van der Waals surface area contributed by atoms with E-state index in [0.717, 1.165) is 35.3 Å². The third kappa shape index (κ3) is 19.9. The molecule has 2 aliphatic heterocycles. The number of halogens is 3. The maximum absolute atomic E-state index is 13.3. The van der Waals surface area contributed by atoms with Crippen LogP contribution in [0, 0.1) is 52.1 Å². The number of carbonyl (C=O) groups is 4. The van der Waals surface area contributed by atoms with Crippen molar-refractivity contribution in [2.75, 3.05) is 97.9 Å². The number of tetrazole rings is 1.